The maximum absolute atomic E-state index is 15.4. The molecule has 0 saturated carbocycles. The minimum Gasteiger partial charge on any atom is -0.351 e. The van der Waals surface area contributed by atoms with Gasteiger partial charge in [-0.25, -0.2) is 14.4 Å². The van der Waals surface area contributed by atoms with Crippen molar-refractivity contribution in [3.8, 4) is 0 Å². The van der Waals surface area contributed by atoms with Crippen molar-refractivity contribution in [2.75, 3.05) is 0 Å². The second-order valence-electron chi connectivity index (χ2n) is 8.00. The first-order valence-electron chi connectivity index (χ1n) is 9.54. The zero-order valence-electron chi connectivity index (χ0n) is 17.2. The lowest BCUT2D eigenvalue weighted by Crippen LogP contribution is -2.49. The van der Waals surface area contributed by atoms with Crippen LogP contribution in [0.5, 0.6) is 0 Å². The second kappa shape index (κ2) is 8.51. The van der Waals surface area contributed by atoms with Gasteiger partial charge in [-0.05, 0) is 44.0 Å². The number of aromatic nitrogens is 2. The highest BCUT2D eigenvalue weighted by Crippen LogP contribution is 2.42. The number of carbonyl (C=O) groups excluding carboxylic acids is 3. The Morgan fingerprint density at radius 3 is 2.35 bits per heavy atom. The Kier molecular flexibility index (Phi) is 6.34. The highest BCUT2D eigenvalue weighted by molar-refractivity contribution is 6.36. The van der Waals surface area contributed by atoms with E-state index in [2.05, 4.69) is 15.3 Å². The van der Waals surface area contributed by atoms with E-state index in [0.717, 1.165) is 5.56 Å². The van der Waals surface area contributed by atoms with E-state index < -0.39 is 22.9 Å². The molecule has 0 aliphatic carbocycles. The molecule has 0 spiro atoms. The predicted molar refractivity (Wildman–Crippen MR) is 113 cm³/mol. The number of aryl methyl sites for hydroxylation is 1. The minimum absolute atomic E-state index is 0.0649. The van der Waals surface area contributed by atoms with Crippen LogP contribution in [-0.2, 0) is 32.0 Å². The molecule has 1 aliphatic rings. The summed E-state index contributed by atoms with van der Waals surface area (Å²) in [6, 6.07) is 2.87. The fourth-order valence-corrected chi connectivity index (χ4v) is 4.08. The average molecular weight is 467 g/mol. The van der Waals surface area contributed by atoms with Crippen molar-refractivity contribution in [3.05, 3.63) is 57.1 Å². The first-order valence-corrected chi connectivity index (χ1v) is 10.3. The molecule has 164 valence electrons. The Morgan fingerprint density at radius 1 is 1.23 bits per heavy atom. The van der Waals surface area contributed by atoms with Crippen molar-refractivity contribution in [2.45, 2.75) is 51.2 Å². The lowest BCUT2D eigenvalue weighted by Gasteiger charge is -2.30. The normalized spacial score (nSPS) is 19.2. The molecule has 0 bridgehead atoms. The van der Waals surface area contributed by atoms with Crippen LogP contribution in [0, 0.1) is 6.92 Å². The van der Waals surface area contributed by atoms with E-state index in [1.807, 2.05) is 12.2 Å². The molecule has 2 aromatic rings. The van der Waals surface area contributed by atoms with Gasteiger partial charge >= 0.3 is 0 Å². The van der Waals surface area contributed by atoms with Crippen LogP contribution >= 0.6 is 23.2 Å². The summed E-state index contributed by atoms with van der Waals surface area (Å²) in [6.45, 7) is 5.32. The van der Waals surface area contributed by atoms with Gasteiger partial charge in [0.1, 0.15) is 11.2 Å². The van der Waals surface area contributed by atoms with Crippen LogP contribution in [0.2, 0.25) is 10.0 Å². The van der Waals surface area contributed by atoms with Gasteiger partial charge in [0.05, 0.1) is 0 Å². The molecule has 31 heavy (non-hydrogen) atoms. The number of rotatable bonds is 5. The fraction of sp³-hybridized carbons (Fsp3) is 0.381. The molecule has 1 aromatic carbocycles. The van der Waals surface area contributed by atoms with Crippen molar-refractivity contribution in [1.82, 2.24) is 20.6 Å². The number of nitrogens with one attached hydrogen (secondary N) is 2. The fourth-order valence-electron chi connectivity index (χ4n) is 3.25. The largest absolute Gasteiger partial charge is 0.351 e. The molecule has 2 N–H and O–H groups in total. The molecule has 2 heterocycles. The van der Waals surface area contributed by atoms with Gasteiger partial charge in [-0.2, -0.15) is 0 Å². The zero-order valence-corrected chi connectivity index (χ0v) is 18.7. The smallest absolute Gasteiger partial charge is 0.269 e. The maximum atomic E-state index is 15.4. The highest BCUT2D eigenvalue weighted by atomic mass is 35.5. The molecule has 1 fully saturated rings. The first-order chi connectivity index (χ1) is 14.4. The predicted octanol–water partition coefficient (Wildman–Crippen LogP) is 3.29. The number of halogens is 3. The Labute approximate surface area is 188 Å². The van der Waals surface area contributed by atoms with Crippen LogP contribution in [0.4, 0.5) is 4.39 Å². The number of hydrogen-bond acceptors (Lipinski definition) is 5. The van der Waals surface area contributed by atoms with Gasteiger partial charge in [0.2, 0.25) is 17.5 Å². The average Bonchev–Trinajstić information content (AvgIpc) is 2.69. The number of alkyl halides is 1. The monoisotopic (exact) mass is 466 g/mol. The van der Waals surface area contributed by atoms with Crippen LogP contribution in [-0.4, -0.2) is 27.7 Å². The minimum atomic E-state index is -2.51. The van der Waals surface area contributed by atoms with Crippen LogP contribution in [0.15, 0.2) is 24.5 Å². The Balaban J connectivity index is 1.78. The van der Waals surface area contributed by atoms with E-state index in [4.69, 9.17) is 23.2 Å². The van der Waals surface area contributed by atoms with E-state index in [9.17, 15) is 14.4 Å². The van der Waals surface area contributed by atoms with Crippen LogP contribution < -0.4 is 10.6 Å². The molecular weight excluding hydrogens is 446 g/mol. The molecule has 1 saturated heterocycles. The van der Waals surface area contributed by atoms with Gasteiger partial charge in [0.25, 0.3) is 5.91 Å². The van der Waals surface area contributed by atoms with Crippen LogP contribution in [0.25, 0.3) is 0 Å². The number of carbonyl (C=O) groups is 3. The van der Waals surface area contributed by atoms with Crippen LogP contribution in [0.3, 0.4) is 0 Å². The van der Waals surface area contributed by atoms with Gasteiger partial charge in [0, 0.05) is 47.4 Å². The van der Waals surface area contributed by atoms with E-state index in [1.165, 1.54) is 12.1 Å². The molecule has 0 unspecified atom stereocenters. The molecule has 1 atom stereocenters. The summed E-state index contributed by atoms with van der Waals surface area (Å²) >= 11 is 12.5. The number of nitrogens with zero attached hydrogens (tertiary/aromatic N) is 2. The summed E-state index contributed by atoms with van der Waals surface area (Å²) in [4.78, 5) is 44.6. The van der Waals surface area contributed by atoms with Gasteiger partial charge in [-0.15, -0.1) is 0 Å². The van der Waals surface area contributed by atoms with E-state index in [0.29, 0.717) is 11.4 Å². The van der Waals surface area contributed by atoms with Crippen molar-refractivity contribution in [2.24, 2.45) is 0 Å². The number of hydrogen-bond donors (Lipinski definition) is 2. The third kappa shape index (κ3) is 4.55. The summed E-state index contributed by atoms with van der Waals surface area (Å²) in [6.07, 6.45) is 2.76. The van der Waals surface area contributed by atoms with Crippen LogP contribution in [0.1, 0.15) is 49.2 Å². The van der Waals surface area contributed by atoms with Crippen molar-refractivity contribution < 1.29 is 18.8 Å². The topological polar surface area (TPSA) is 101 Å². The van der Waals surface area contributed by atoms with Gasteiger partial charge in [0.15, 0.2) is 0 Å². The standard InChI is InChI=1S/C21H21Cl2FN4O3/c1-11-8-25-17(26-9-11)20(2,3)18(30)27-10-12-6-13(22)16(14(23)7-12)21(24)5-4-15(29)28-19(21)31/h6-9H,4-5,10H2,1-3H3,(H,27,30)(H,28,29,31)/t21-/m0/s1. The Hall–Kier alpha value is -2.58. The molecule has 10 heteroatoms. The zero-order chi connectivity index (χ0) is 23.0. The molecule has 3 amide bonds. The van der Waals surface area contributed by atoms with Crippen molar-refractivity contribution in [3.63, 3.8) is 0 Å². The Bertz CT molecular complexity index is 1040. The Morgan fingerprint density at radius 2 is 1.81 bits per heavy atom. The number of benzene rings is 1. The first kappa shape index (κ1) is 23.1. The molecule has 0 radical (unpaired) electrons. The lowest BCUT2D eigenvalue weighted by atomic mass is 9.86. The number of imide groups is 1. The quantitative estimate of drug-likeness (QED) is 0.658. The molecule has 7 nitrogen and oxygen atoms in total. The highest BCUT2D eigenvalue weighted by Gasteiger charge is 2.47. The van der Waals surface area contributed by atoms with Gasteiger partial charge in [-0.1, -0.05) is 23.2 Å². The molecule has 1 aliphatic heterocycles. The second-order valence-corrected chi connectivity index (χ2v) is 8.82. The van der Waals surface area contributed by atoms with E-state index in [1.54, 1.807) is 26.2 Å². The third-order valence-corrected chi connectivity index (χ3v) is 5.76. The number of piperidine rings is 1. The molecule has 3 rings (SSSR count). The van der Waals surface area contributed by atoms with Crippen molar-refractivity contribution in [1.29, 1.82) is 0 Å². The summed E-state index contributed by atoms with van der Waals surface area (Å²) in [5.74, 6) is -1.59. The molecule has 1 aromatic heterocycles. The van der Waals surface area contributed by atoms with Gasteiger partial charge < -0.3 is 5.32 Å². The van der Waals surface area contributed by atoms with E-state index >= 15 is 4.39 Å². The lowest BCUT2D eigenvalue weighted by molar-refractivity contribution is -0.144. The van der Waals surface area contributed by atoms with E-state index in [-0.39, 0.29) is 40.9 Å². The number of amides is 3. The summed E-state index contributed by atoms with van der Waals surface area (Å²) in [5, 5.41) is 4.62. The van der Waals surface area contributed by atoms with Gasteiger partial charge in [-0.3, -0.25) is 19.7 Å². The third-order valence-electron chi connectivity index (χ3n) is 5.17. The SMILES string of the molecule is Cc1cnc(C(C)(C)C(=O)NCc2cc(Cl)c([C@@]3(F)CCC(=O)NC3=O)c(Cl)c2)nc1. The summed E-state index contributed by atoms with van der Waals surface area (Å²) in [5.41, 5.74) is -2.29. The van der Waals surface area contributed by atoms with Crippen molar-refractivity contribution >= 4 is 40.9 Å². The summed E-state index contributed by atoms with van der Waals surface area (Å²) in [7, 11) is 0. The maximum Gasteiger partial charge on any atom is 0.269 e. The summed E-state index contributed by atoms with van der Waals surface area (Å²) < 4.78 is 15.4. The molecular formula is C21H21Cl2FN4O3.